The van der Waals surface area contributed by atoms with E-state index in [1.54, 1.807) is 6.92 Å². The Labute approximate surface area is 112 Å². The highest BCUT2D eigenvalue weighted by Gasteiger charge is 2.18. The second-order valence-electron chi connectivity index (χ2n) is 3.68. The molecule has 0 radical (unpaired) electrons. The Bertz CT molecular complexity index is 393. The van der Waals surface area contributed by atoms with Crippen molar-refractivity contribution in [1.82, 2.24) is 4.72 Å². The molecule has 1 unspecified atom stereocenters. The molecule has 8 nitrogen and oxygen atoms in total. The molecule has 19 heavy (non-hydrogen) atoms. The molecule has 0 amide bonds. The topological polar surface area (TPSA) is 119 Å². The molecule has 0 aromatic carbocycles. The van der Waals surface area contributed by atoms with E-state index in [2.05, 4.69) is 9.46 Å². The van der Waals surface area contributed by atoms with Gasteiger partial charge in [0.25, 0.3) is 0 Å². The van der Waals surface area contributed by atoms with Gasteiger partial charge < -0.3 is 14.6 Å². The fourth-order valence-corrected chi connectivity index (χ4v) is 2.20. The van der Waals surface area contributed by atoms with Crippen LogP contribution in [0.3, 0.4) is 0 Å². The molecule has 0 bridgehead atoms. The summed E-state index contributed by atoms with van der Waals surface area (Å²) in [6, 6.07) is 0. The molecule has 0 fully saturated rings. The SMILES string of the molecule is CCOC(=O)CCS(=O)(=O)NCC(CC(=O)O)OC. The molecule has 1 atom stereocenters. The van der Waals surface area contributed by atoms with Crippen LogP contribution in [0.15, 0.2) is 0 Å². The first-order valence-electron chi connectivity index (χ1n) is 5.68. The number of nitrogens with one attached hydrogen (secondary N) is 1. The zero-order valence-corrected chi connectivity index (χ0v) is 11.7. The van der Waals surface area contributed by atoms with E-state index in [4.69, 9.17) is 9.84 Å². The lowest BCUT2D eigenvalue weighted by atomic mass is 10.2. The van der Waals surface area contributed by atoms with Gasteiger partial charge in [0.2, 0.25) is 10.0 Å². The molecular formula is C10H19NO7S. The standard InChI is InChI=1S/C10H19NO7S/c1-3-18-10(14)4-5-19(15,16)11-7-8(17-2)6-9(12)13/h8,11H,3-7H2,1-2H3,(H,12,13). The average molecular weight is 297 g/mol. The molecule has 0 aliphatic heterocycles. The first-order chi connectivity index (χ1) is 8.80. The van der Waals surface area contributed by atoms with Crippen molar-refractivity contribution >= 4 is 22.0 Å². The van der Waals surface area contributed by atoms with Gasteiger partial charge in [-0.2, -0.15) is 0 Å². The number of hydrogen-bond donors (Lipinski definition) is 2. The highest BCUT2D eigenvalue weighted by molar-refractivity contribution is 7.89. The first kappa shape index (κ1) is 17.8. The summed E-state index contributed by atoms with van der Waals surface area (Å²) in [5.41, 5.74) is 0. The van der Waals surface area contributed by atoms with Gasteiger partial charge in [0.05, 0.1) is 31.3 Å². The van der Waals surface area contributed by atoms with Gasteiger partial charge in [-0.1, -0.05) is 0 Å². The maximum Gasteiger partial charge on any atom is 0.306 e. The molecule has 0 aromatic heterocycles. The number of rotatable bonds is 10. The normalized spacial score (nSPS) is 12.9. The molecule has 0 rings (SSSR count). The zero-order chi connectivity index (χ0) is 14.9. The Kier molecular flexibility index (Phi) is 8.28. The van der Waals surface area contributed by atoms with Crippen LogP contribution in [-0.4, -0.2) is 57.6 Å². The smallest absolute Gasteiger partial charge is 0.306 e. The van der Waals surface area contributed by atoms with Crippen LogP contribution in [0.5, 0.6) is 0 Å². The summed E-state index contributed by atoms with van der Waals surface area (Å²) < 4.78 is 34.7. The lowest BCUT2D eigenvalue weighted by Crippen LogP contribution is -2.36. The summed E-state index contributed by atoms with van der Waals surface area (Å²) in [6.45, 7) is 1.66. The number of carbonyl (C=O) groups excluding carboxylic acids is 1. The van der Waals surface area contributed by atoms with E-state index in [1.165, 1.54) is 7.11 Å². The van der Waals surface area contributed by atoms with E-state index in [1.807, 2.05) is 0 Å². The Hall–Kier alpha value is -1.19. The maximum absolute atomic E-state index is 11.5. The zero-order valence-electron chi connectivity index (χ0n) is 10.9. The molecule has 0 heterocycles. The van der Waals surface area contributed by atoms with E-state index in [0.717, 1.165) is 0 Å². The highest BCUT2D eigenvalue weighted by Crippen LogP contribution is 1.98. The molecule has 0 aliphatic rings. The minimum atomic E-state index is -3.66. The van der Waals surface area contributed by atoms with Crippen LogP contribution < -0.4 is 4.72 Å². The van der Waals surface area contributed by atoms with Crippen LogP contribution in [-0.2, 0) is 29.1 Å². The third-order valence-electron chi connectivity index (χ3n) is 2.15. The predicted octanol–water partition coefficient (Wildman–Crippen LogP) is -0.651. The number of aliphatic carboxylic acids is 1. The summed E-state index contributed by atoms with van der Waals surface area (Å²) in [6.07, 6.45) is -1.31. The first-order valence-corrected chi connectivity index (χ1v) is 7.33. The largest absolute Gasteiger partial charge is 0.481 e. The molecule has 0 aliphatic carbocycles. The van der Waals surface area contributed by atoms with Crippen molar-refractivity contribution in [1.29, 1.82) is 0 Å². The summed E-state index contributed by atoms with van der Waals surface area (Å²) in [4.78, 5) is 21.5. The van der Waals surface area contributed by atoms with Gasteiger partial charge in [-0.05, 0) is 6.92 Å². The third kappa shape index (κ3) is 9.40. The predicted molar refractivity (Wildman–Crippen MR) is 66.1 cm³/mol. The number of carbonyl (C=O) groups is 2. The van der Waals surface area contributed by atoms with E-state index >= 15 is 0 Å². The maximum atomic E-state index is 11.5. The van der Waals surface area contributed by atoms with Gasteiger partial charge in [0, 0.05) is 13.7 Å². The lowest BCUT2D eigenvalue weighted by molar-refractivity contribution is -0.142. The van der Waals surface area contributed by atoms with Gasteiger partial charge in [-0.15, -0.1) is 0 Å². The van der Waals surface area contributed by atoms with Gasteiger partial charge >= 0.3 is 11.9 Å². The van der Waals surface area contributed by atoms with Crippen LogP contribution in [0.25, 0.3) is 0 Å². The van der Waals surface area contributed by atoms with Gasteiger partial charge in [-0.25, -0.2) is 13.1 Å². The quantitative estimate of drug-likeness (QED) is 0.514. The number of carboxylic acid groups (broad SMARTS) is 1. The lowest BCUT2D eigenvalue weighted by Gasteiger charge is -2.14. The fraction of sp³-hybridized carbons (Fsp3) is 0.800. The Morgan fingerprint density at radius 3 is 2.47 bits per heavy atom. The minimum Gasteiger partial charge on any atom is -0.481 e. The number of sulfonamides is 1. The van der Waals surface area contributed by atoms with Crippen LogP contribution >= 0.6 is 0 Å². The number of esters is 1. The average Bonchev–Trinajstić information content (AvgIpc) is 2.32. The van der Waals surface area contributed by atoms with Crippen molar-refractivity contribution in [2.45, 2.75) is 25.9 Å². The minimum absolute atomic E-state index is 0.159. The number of hydrogen-bond acceptors (Lipinski definition) is 6. The summed E-state index contributed by atoms with van der Waals surface area (Å²) in [7, 11) is -2.37. The van der Waals surface area contributed by atoms with Gasteiger partial charge in [-0.3, -0.25) is 9.59 Å². The highest BCUT2D eigenvalue weighted by atomic mass is 32.2. The van der Waals surface area contributed by atoms with Crippen LogP contribution in [0.2, 0.25) is 0 Å². The Balaban J connectivity index is 4.14. The molecule has 0 saturated carbocycles. The van der Waals surface area contributed by atoms with E-state index in [9.17, 15) is 18.0 Å². The number of ether oxygens (including phenoxy) is 2. The van der Waals surface area contributed by atoms with Crippen molar-refractivity contribution in [2.75, 3.05) is 26.0 Å². The Morgan fingerprint density at radius 1 is 1.37 bits per heavy atom. The van der Waals surface area contributed by atoms with Crippen molar-refractivity contribution < 1.29 is 32.6 Å². The molecule has 9 heteroatoms. The van der Waals surface area contributed by atoms with Crippen LogP contribution in [0, 0.1) is 0 Å². The van der Waals surface area contributed by atoms with Crippen LogP contribution in [0.4, 0.5) is 0 Å². The molecule has 0 aromatic rings. The summed E-state index contributed by atoms with van der Waals surface area (Å²) in [5, 5.41) is 8.56. The Morgan fingerprint density at radius 2 is 2.00 bits per heavy atom. The number of methoxy groups -OCH3 is 1. The fourth-order valence-electron chi connectivity index (χ4n) is 1.18. The summed E-state index contributed by atoms with van der Waals surface area (Å²) in [5.74, 6) is -2.09. The molecule has 0 saturated heterocycles. The number of carboxylic acids is 1. The molecule has 0 spiro atoms. The third-order valence-corrected chi connectivity index (χ3v) is 3.49. The summed E-state index contributed by atoms with van der Waals surface area (Å²) >= 11 is 0. The monoisotopic (exact) mass is 297 g/mol. The second-order valence-corrected chi connectivity index (χ2v) is 5.60. The van der Waals surface area contributed by atoms with E-state index < -0.39 is 33.8 Å². The van der Waals surface area contributed by atoms with E-state index in [0.29, 0.717) is 0 Å². The van der Waals surface area contributed by atoms with Crippen molar-refractivity contribution in [3.63, 3.8) is 0 Å². The van der Waals surface area contributed by atoms with Gasteiger partial charge in [0.15, 0.2) is 0 Å². The molecule has 112 valence electrons. The van der Waals surface area contributed by atoms with Crippen molar-refractivity contribution in [3.05, 3.63) is 0 Å². The van der Waals surface area contributed by atoms with Gasteiger partial charge in [0.1, 0.15) is 0 Å². The van der Waals surface area contributed by atoms with Crippen LogP contribution in [0.1, 0.15) is 19.8 Å². The second kappa shape index (κ2) is 8.83. The van der Waals surface area contributed by atoms with Crippen molar-refractivity contribution in [3.8, 4) is 0 Å². The molecule has 2 N–H and O–H groups in total. The van der Waals surface area contributed by atoms with Crippen molar-refractivity contribution in [2.24, 2.45) is 0 Å². The van der Waals surface area contributed by atoms with E-state index in [-0.39, 0.29) is 26.0 Å². The molecular weight excluding hydrogens is 278 g/mol.